The summed E-state index contributed by atoms with van der Waals surface area (Å²) in [5.41, 5.74) is 0.931. The molecule has 1 aliphatic rings. The predicted octanol–water partition coefficient (Wildman–Crippen LogP) is 2.35. The molecular formula is C16H19N3O2S. The minimum atomic E-state index is -3.42. The third-order valence-electron chi connectivity index (χ3n) is 3.98. The highest BCUT2D eigenvalue weighted by Gasteiger charge is 2.31. The zero-order valence-electron chi connectivity index (χ0n) is 12.5. The molecular weight excluding hydrogens is 298 g/mol. The van der Waals surface area contributed by atoms with Crippen LogP contribution in [0.4, 0.5) is 0 Å². The molecule has 0 spiro atoms. The Balaban J connectivity index is 1.84. The lowest BCUT2D eigenvalue weighted by Crippen LogP contribution is -2.39. The summed E-state index contributed by atoms with van der Waals surface area (Å²) in [6.45, 7) is 2.90. The van der Waals surface area contributed by atoms with E-state index in [2.05, 4.69) is 9.97 Å². The summed E-state index contributed by atoms with van der Waals surface area (Å²) in [7, 11) is -3.42. The van der Waals surface area contributed by atoms with Crippen molar-refractivity contribution in [3.05, 3.63) is 54.1 Å². The van der Waals surface area contributed by atoms with Crippen LogP contribution in [0.5, 0.6) is 0 Å². The zero-order chi connectivity index (χ0) is 15.6. The van der Waals surface area contributed by atoms with Gasteiger partial charge in [-0.05, 0) is 38.0 Å². The van der Waals surface area contributed by atoms with E-state index in [0.29, 0.717) is 18.0 Å². The Morgan fingerprint density at radius 3 is 2.68 bits per heavy atom. The minimum absolute atomic E-state index is 0.133. The van der Waals surface area contributed by atoms with Crippen molar-refractivity contribution in [2.24, 2.45) is 0 Å². The lowest BCUT2D eigenvalue weighted by Gasteiger charge is -2.31. The number of benzene rings is 1. The first-order valence-corrected chi connectivity index (χ1v) is 8.86. The zero-order valence-corrected chi connectivity index (χ0v) is 13.3. The van der Waals surface area contributed by atoms with Gasteiger partial charge in [0.2, 0.25) is 10.0 Å². The fourth-order valence-electron chi connectivity index (χ4n) is 2.85. The molecule has 1 fully saturated rings. The summed E-state index contributed by atoms with van der Waals surface area (Å²) in [5, 5.41) is 0. The Morgan fingerprint density at radius 2 is 1.95 bits per heavy atom. The maximum atomic E-state index is 12.7. The number of piperidine rings is 1. The summed E-state index contributed by atoms with van der Waals surface area (Å²) in [6, 6.07) is 10.5. The molecule has 3 rings (SSSR count). The van der Waals surface area contributed by atoms with Gasteiger partial charge in [-0.15, -0.1) is 0 Å². The maximum Gasteiger partial charge on any atom is 0.243 e. The van der Waals surface area contributed by atoms with Gasteiger partial charge in [-0.1, -0.05) is 18.2 Å². The molecule has 0 amide bonds. The van der Waals surface area contributed by atoms with E-state index in [4.69, 9.17) is 0 Å². The molecule has 1 aromatic carbocycles. The van der Waals surface area contributed by atoms with E-state index in [1.807, 2.05) is 19.1 Å². The van der Waals surface area contributed by atoms with E-state index < -0.39 is 10.0 Å². The van der Waals surface area contributed by atoms with E-state index in [1.54, 1.807) is 34.8 Å². The van der Waals surface area contributed by atoms with Crippen molar-refractivity contribution in [2.45, 2.75) is 30.6 Å². The summed E-state index contributed by atoms with van der Waals surface area (Å²) in [4.78, 5) is 8.92. The molecule has 6 heteroatoms. The number of hydrogen-bond acceptors (Lipinski definition) is 4. The first-order chi connectivity index (χ1) is 10.6. The number of nitrogens with zero attached hydrogens (tertiary/aromatic N) is 3. The van der Waals surface area contributed by atoms with Crippen molar-refractivity contribution < 1.29 is 8.42 Å². The van der Waals surface area contributed by atoms with E-state index >= 15 is 0 Å². The second-order valence-electron chi connectivity index (χ2n) is 5.54. The van der Waals surface area contributed by atoms with Gasteiger partial charge in [-0.3, -0.25) is 0 Å². The van der Waals surface area contributed by atoms with Crippen LogP contribution in [0.25, 0.3) is 0 Å². The number of hydrogen-bond donors (Lipinski definition) is 0. The van der Waals surface area contributed by atoms with E-state index in [9.17, 15) is 8.42 Å². The Hall–Kier alpha value is -1.79. The fraction of sp³-hybridized carbons (Fsp3) is 0.375. The van der Waals surface area contributed by atoms with Crippen LogP contribution in [0.1, 0.15) is 30.3 Å². The van der Waals surface area contributed by atoms with Crippen molar-refractivity contribution in [1.29, 1.82) is 0 Å². The van der Waals surface area contributed by atoms with Gasteiger partial charge in [0, 0.05) is 30.9 Å². The topological polar surface area (TPSA) is 63.2 Å². The fourth-order valence-corrected chi connectivity index (χ4v) is 4.39. The van der Waals surface area contributed by atoms with Gasteiger partial charge in [0.15, 0.2) is 0 Å². The standard InChI is InChI=1S/C16H19N3O2S/c1-13-17-10-9-16(18-13)14-6-5-11-19(12-14)22(20,21)15-7-3-2-4-8-15/h2-4,7-10,14H,5-6,11-12H2,1H3/t14-/m0/s1. The average molecular weight is 317 g/mol. The van der Waals surface area contributed by atoms with Crippen LogP contribution in [0.2, 0.25) is 0 Å². The van der Waals surface area contributed by atoms with Crippen LogP contribution in [0.15, 0.2) is 47.5 Å². The molecule has 5 nitrogen and oxygen atoms in total. The van der Waals surface area contributed by atoms with Crippen molar-refractivity contribution in [3.8, 4) is 0 Å². The Kier molecular flexibility index (Phi) is 4.22. The Bertz CT molecular complexity index is 747. The monoisotopic (exact) mass is 317 g/mol. The van der Waals surface area contributed by atoms with Crippen molar-refractivity contribution in [1.82, 2.24) is 14.3 Å². The molecule has 1 atom stereocenters. The molecule has 1 aromatic heterocycles. The van der Waals surface area contributed by atoms with Crippen LogP contribution in [0, 0.1) is 6.92 Å². The smallest absolute Gasteiger partial charge is 0.242 e. The van der Waals surface area contributed by atoms with Gasteiger partial charge in [0.1, 0.15) is 5.82 Å². The lowest BCUT2D eigenvalue weighted by molar-refractivity contribution is 0.312. The number of sulfonamides is 1. The number of aryl methyl sites for hydroxylation is 1. The van der Waals surface area contributed by atoms with Gasteiger partial charge in [0.25, 0.3) is 0 Å². The van der Waals surface area contributed by atoms with Gasteiger partial charge >= 0.3 is 0 Å². The van der Waals surface area contributed by atoms with Crippen molar-refractivity contribution in [3.63, 3.8) is 0 Å². The Labute approximate surface area is 131 Å². The normalized spacial score (nSPS) is 20.0. The molecule has 0 unspecified atom stereocenters. The van der Waals surface area contributed by atoms with Gasteiger partial charge in [0.05, 0.1) is 4.90 Å². The summed E-state index contributed by atoms with van der Waals surface area (Å²) < 4.78 is 27.0. The van der Waals surface area contributed by atoms with Gasteiger partial charge < -0.3 is 0 Å². The molecule has 0 saturated carbocycles. The first-order valence-electron chi connectivity index (χ1n) is 7.42. The predicted molar refractivity (Wildman–Crippen MR) is 83.9 cm³/mol. The van der Waals surface area contributed by atoms with E-state index in [0.717, 1.165) is 24.4 Å². The summed E-state index contributed by atoms with van der Waals surface area (Å²) in [6.07, 6.45) is 3.54. The summed E-state index contributed by atoms with van der Waals surface area (Å²) >= 11 is 0. The van der Waals surface area contributed by atoms with Crippen LogP contribution in [-0.4, -0.2) is 35.8 Å². The molecule has 2 aromatic rings. The molecule has 116 valence electrons. The number of aromatic nitrogens is 2. The third-order valence-corrected chi connectivity index (χ3v) is 5.86. The molecule has 2 heterocycles. The van der Waals surface area contributed by atoms with Crippen molar-refractivity contribution >= 4 is 10.0 Å². The van der Waals surface area contributed by atoms with Crippen LogP contribution < -0.4 is 0 Å². The minimum Gasteiger partial charge on any atom is -0.242 e. The molecule has 22 heavy (non-hydrogen) atoms. The van der Waals surface area contributed by atoms with Crippen LogP contribution >= 0.6 is 0 Å². The quantitative estimate of drug-likeness (QED) is 0.872. The van der Waals surface area contributed by atoms with Crippen LogP contribution in [-0.2, 0) is 10.0 Å². The molecule has 1 saturated heterocycles. The highest BCUT2D eigenvalue weighted by molar-refractivity contribution is 7.89. The van der Waals surface area contributed by atoms with Crippen LogP contribution in [0.3, 0.4) is 0 Å². The van der Waals surface area contributed by atoms with Crippen molar-refractivity contribution in [2.75, 3.05) is 13.1 Å². The second kappa shape index (κ2) is 6.14. The second-order valence-corrected chi connectivity index (χ2v) is 7.48. The molecule has 1 aliphatic heterocycles. The van der Waals surface area contributed by atoms with E-state index in [1.165, 1.54) is 0 Å². The summed E-state index contributed by atoms with van der Waals surface area (Å²) in [5.74, 6) is 0.856. The SMILES string of the molecule is Cc1nccc([C@H]2CCCN(S(=O)(=O)c3ccccc3)C2)n1. The maximum absolute atomic E-state index is 12.7. The Morgan fingerprint density at radius 1 is 1.18 bits per heavy atom. The highest BCUT2D eigenvalue weighted by Crippen LogP contribution is 2.29. The molecule has 0 bridgehead atoms. The molecule has 0 aliphatic carbocycles. The lowest BCUT2D eigenvalue weighted by atomic mass is 9.96. The van der Waals surface area contributed by atoms with Gasteiger partial charge in [-0.2, -0.15) is 4.31 Å². The largest absolute Gasteiger partial charge is 0.243 e. The van der Waals surface area contributed by atoms with Gasteiger partial charge in [-0.25, -0.2) is 18.4 Å². The molecule has 0 radical (unpaired) electrons. The highest BCUT2D eigenvalue weighted by atomic mass is 32.2. The number of rotatable bonds is 3. The van der Waals surface area contributed by atoms with E-state index in [-0.39, 0.29) is 5.92 Å². The third kappa shape index (κ3) is 3.03. The average Bonchev–Trinajstić information content (AvgIpc) is 2.56. The molecule has 0 N–H and O–H groups in total. The first kappa shape index (κ1) is 15.1.